The van der Waals surface area contributed by atoms with Crippen LogP contribution >= 0.6 is 0 Å². The van der Waals surface area contributed by atoms with E-state index in [1.807, 2.05) is 0 Å². The molecule has 0 aromatic carbocycles. The molecule has 0 N–H and O–H groups in total. The molecule has 2 aliphatic carbocycles. The third kappa shape index (κ3) is 2.21. The highest BCUT2D eigenvalue weighted by Gasteiger charge is 2.23. The molecule has 0 spiro atoms. The number of hydrogen-bond acceptors (Lipinski definition) is 2. The van der Waals surface area contributed by atoms with E-state index in [4.69, 9.17) is 4.84 Å². The van der Waals surface area contributed by atoms with E-state index in [1.165, 1.54) is 38.5 Å². The Morgan fingerprint density at radius 2 is 1.82 bits per heavy atom. The van der Waals surface area contributed by atoms with Crippen LogP contribution in [0.5, 0.6) is 0 Å². The quantitative estimate of drug-likeness (QED) is 0.449. The molecule has 0 aromatic rings. The molecule has 0 atom stereocenters. The monoisotopic (exact) mass is 152 g/mol. The number of nitrogens with zero attached hydrogens (tertiary/aromatic N) is 1. The minimum atomic E-state index is 0.434. The molecule has 61 valence electrons. The Bertz CT molecular complexity index is 146. The largest absolute Gasteiger partial charge is 0.392 e. The predicted molar refractivity (Wildman–Crippen MR) is 43.5 cm³/mol. The molecular weight excluding hydrogens is 138 g/mol. The van der Waals surface area contributed by atoms with E-state index in [-0.39, 0.29) is 0 Å². The van der Waals surface area contributed by atoms with Crippen molar-refractivity contribution in [2.75, 3.05) is 0 Å². The van der Waals surface area contributed by atoms with Crippen LogP contribution < -0.4 is 0 Å². The van der Waals surface area contributed by atoms with Gasteiger partial charge in [-0.15, -0.1) is 0 Å². The second-order valence-corrected chi connectivity index (χ2v) is 3.51. The number of rotatable bonds is 3. The molecule has 0 heterocycles. The fourth-order valence-corrected chi connectivity index (χ4v) is 1.41. The Kier molecular flexibility index (Phi) is 2.11. The number of hydrogen-bond donors (Lipinski definition) is 0. The molecule has 0 amide bonds. The van der Waals surface area contributed by atoms with Crippen molar-refractivity contribution in [3.63, 3.8) is 0 Å². The molecular formula is C9H14NO. The fraction of sp³-hybridized carbons (Fsp3) is 0.889. The molecule has 0 aromatic heterocycles. The first-order chi connectivity index (χ1) is 5.45. The van der Waals surface area contributed by atoms with Gasteiger partial charge in [-0.25, -0.2) is 0 Å². The molecule has 0 unspecified atom stereocenters. The smallest absolute Gasteiger partial charge is 0.127 e. The van der Waals surface area contributed by atoms with Crippen LogP contribution in [-0.2, 0) is 4.84 Å². The van der Waals surface area contributed by atoms with Gasteiger partial charge in [0.2, 0.25) is 0 Å². The SMILES string of the molecule is [C](=N\OC1CC1)/C1CCCC1. The molecule has 2 rings (SSSR count). The summed E-state index contributed by atoms with van der Waals surface area (Å²) in [6.45, 7) is 0. The maximum atomic E-state index is 5.13. The third-order valence-electron chi connectivity index (χ3n) is 2.32. The summed E-state index contributed by atoms with van der Waals surface area (Å²) in [5.41, 5.74) is 0. The van der Waals surface area contributed by atoms with Gasteiger partial charge in [-0.05, 0) is 25.7 Å². The van der Waals surface area contributed by atoms with E-state index in [2.05, 4.69) is 11.4 Å². The lowest BCUT2D eigenvalue weighted by Crippen LogP contribution is -1.95. The zero-order chi connectivity index (χ0) is 7.52. The van der Waals surface area contributed by atoms with E-state index in [1.54, 1.807) is 0 Å². The van der Waals surface area contributed by atoms with Crippen molar-refractivity contribution in [2.45, 2.75) is 44.6 Å². The van der Waals surface area contributed by atoms with Crippen LogP contribution in [0.3, 0.4) is 0 Å². The molecule has 2 heteroatoms. The molecule has 2 nitrogen and oxygen atoms in total. The lowest BCUT2D eigenvalue weighted by atomic mass is 10.1. The lowest BCUT2D eigenvalue weighted by molar-refractivity contribution is 0.129. The normalized spacial score (nSPS) is 26.5. The maximum absolute atomic E-state index is 5.13. The fourth-order valence-electron chi connectivity index (χ4n) is 1.41. The average Bonchev–Trinajstić information content (AvgIpc) is 2.66. The van der Waals surface area contributed by atoms with Crippen LogP contribution in [0.25, 0.3) is 0 Å². The van der Waals surface area contributed by atoms with Crippen molar-refractivity contribution < 1.29 is 4.84 Å². The Hall–Kier alpha value is -0.530. The second kappa shape index (κ2) is 3.24. The van der Waals surface area contributed by atoms with Gasteiger partial charge >= 0.3 is 0 Å². The standard InChI is InChI=1S/C9H14NO/c1-2-4-8(3-1)7-10-11-9-5-6-9/h8-9H,1-6H2. The Morgan fingerprint density at radius 3 is 2.45 bits per heavy atom. The summed E-state index contributed by atoms with van der Waals surface area (Å²) in [5.74, 6) is 0.591. The van der Waals surface area contributed by atoms with Crippen molar-refractivity contribution in [3.8, 4) is 0 Å². The van der Waals surface area contributed by atoms with Crippen LogP contribution in [0.1, 0.15) is 38.5 Å². The van der Waals surface area contributed by atoms with Crippen LogP contribution in [-0.4, -0.2) is 12.3 Å². The van der Waals surface area contributed by atoms with Crippen molar-refractivity contribution in [2.24, 2.45) is 11.1 Å². The van der Waals surface area contributed by atoms with Gasteiger partial charge < -0.3 is 4.84 Å². The summed E-state index contributed by atoms with van der Waals surface area (Å²) in [4.78, 5) is 5.13. The summed E-state index contributed by atoms with van der Waals surface area (Å²) >= 11 is 0. The minimum Gasteiger partial charge on any atom is -0.392 e. The van der Waals surface area contributed by atoms with Crippen LogP contribution in [0.4, 0.5) is 0 Å². The first-order valence-corrected chi connectivity index (χ1v) is 4.56. The zero-order valence-electron chi connectivity index (χ0n) is 6.75. The van der Waals surface area contributed by atoms with E-state index < -0.39 is 0 Å². The predicted octanol–water partition coefficient (Wildman–Crippen LogP) is 2.22. The summed E-state index contributed by atoms with van der Waals surface area (Å²) in [6, 6.07) is 0. The summed E-state index contributed by atoms with van der Waals surface area (Å²) in [6.07, 6.45) is 11.1. The highest BCUT2D eigenvalue weighted by atomic mass is 16.6. The maximum Gasteiger partial charge on any atom is 0.127 e. The van der Waals surface area contributed by atoms with E-state index in [9.17, 15) is 0 Å². The first kappa shape index (κ1) is 7.14. The second-order valence-electron chi connectivity index (χ2n) is 3.51. The summed E-state index contributed by atoms with van der Waals surface area (Å²) in [7, 11) is 0. The van der Waals surface area contributed by atoms with Crippen LogP contribution in [0.2, 0.25) is 0 Å². The molecule has 0 bridgehead atoms. The van der Waals surface area contributed by atoms with Gasteiger partial charge in [-0.2, -0.15) is 0 Å². The van der Waals surface area contributed by atoms with Gasteiger partial charge in [0.15, 0.2) is 0 Å². The Balaban J connectivity index is 1.65. The van der Waals surface area contributed by atoms with E-state index in [0.29, 0.717) is 12.0 Å². The average molecular weight is 152 g/mol. The molecule has 0 aliphatic heterocycles. The molecule has 0 saturated heterocycles. The van der Waals surface area contributed by atoms with E-state index >= 15 is 0 Å². The Labute approximate surface area is 67.6 Å². The topological polar surface area (TPSA) is 21.6 Å². The minimum absolute atomic E-state index is 0.434. The van der Waals surface area contributed by atoms with Crippen molar-refractivity contribution in [1.82, 2.24) is 0 Å². The highest BCUT2D eigenvalue weighted by Crippen LogP contribution is 2.25. The molecule has 1 radical (unpaired) electrons. The van der Waals surface area contributed by atoms with Gasteiger partial charge in [0, 0.05) is 5.92 Å². The lowest BCUT2D eigenvalue weighted by Gasteiger charge is -1.97. The zero-order valence-corrected chi connectivity index (χ0v) is 6.75. The third-order valence-corrected chi connectivity index (χ3v) is 2.32. The molecule has 2 aliphatic rings. The van der Waals surface area contributed by atoms with Gasteiger partial charge in [-0.1, -0.05) is 18.0 Å². The van der Waals surface area contributed by atoms with Gasteiger partial charge in [-0.3, -0.25) is 0 Å². The van der Waals surface area contributed by atoms with Gasteiger partial charge in [0.05, 0.1) is 0 Å². The first-order valence-electron chi connectivity index (χ1n) is 4.56. The molecule has 11 heavy (non-hydrogen) atoms. The van der Waals surface area contributed by atoms with Crippen LogP contribution in [0, 0.1) is 5.92 Å². The van der Waals surface area contributed by atoms with Crippen LogP contribution in [0.15, 0.2) is 5.16 Å². The van der Waals surface area contributed by atoms with Crippen molar-refractivity contribution in [3.05, 3.63) is 0 Å². The Morgan fingerprint density at radius 1 is 1.09 bits per heavy atom. The molecule has 2 saturated carbocycles. The van der Waals surface area contributed by atoms with Gasteiger partial charge in [0.1, 0.15) is 12.3 Å². The summed E-state index contributed by atoms with van der Waals surface area (Å²) in [5, 5.41) is 3.87. The highest BCUT2D eigenvalue weighted by molar-refractivity contribution is 5.60. The van der Waals surface area contributed by atoms with Crippen molar-refractivity contribution in [1.29, 1.82) is 0 Å². The van der Waals surface area contributed by atoms with E-state index in [0.717, 1.165) is 0 Å². The summed E-state index contributed by atoms with van der Waals surface area (Å²) < 4.78 is 0. The van der Waals surface area contributed by atoms with Gasteiger partial charge in [0.25, 0.3) is 0 Å². The van der Waals surface area contributed by atoms with Crippen molar-refractivity contribution >= 4 is 6.21 Å². The molecule has 2 fully saturated rings.